The Morgan fingerprint density at radius 2 is 2.11 bits per heavy atom. The number of carbonyl (C=O) groups is 1. The van der Waals surface area contributed by atoms with Crippen molar-refractivity contribution < 1.29 is 19.4 Å². The minimum atomic E-state index is -0.796. The zero-order valence-corrected chi connectivity index (χ0v) is 11.4. The van der Waals surface area contributed by atoms with Crippen molar-refractivity contribution in [2.24, 2.45) is 0 Å². The molecule has 2 unspecified atom stereocenters. The van der Waals surface area contributed by atoms with Gasteiger partial charge in [-0.3, -0.25) is 4.79 Å². The zero-order valence-electron chi connectivity index (χ0n) is 11.4. The van der Waals surface area contributed by atoms with E-state index in [-0.39, 0.29) is 12.5 Å². The second-order valence-electron chi connectivity index (χ2n) is 5.28. The van der Waals surface area contributed by atoms with Gasteiger partial charge in [0.2, 0.25) is 0 Å². The number of aryl methyl sites for hydroxylation is 1. The highest BCUT2D eigenvalue weighted by Crippen LogP contribution is 2.29. The second kappa shape index (κ2) is 5.72. The molecule has 1 fully saturated rings. The molecule has 19 heavy (non-hydrogen) atoms. The van der Waals surface area contributed by atoms with E-state index in [1.165, 1.54) is 5.56 Å². The number of hydrogen-bond donors (Lipinski definition) is 1. The Hall–Kier alpha value is -1.39. The van der Waals surface area contributed by atoms with Crippen molar-refractivity contribution in [3.63, 3.8) is 0 Å². The van der Waals surface area contributed by atoms with E-state index in [0.717, 1.165) is 5.56 Å². The average molecular weight is 264 g/mol. The summed E-state index contributed by atoms with van der Waals surface area (Å²) in [4.78, 5) is 10.5. The van der Waals surface area contributed by atoms with Crippen LogP contribution in [-0.4, -0.2) is 29.6 Å². The normalized spacial score (nSPS) is 26.5. The molecular weight excluding hydrogens is 244 g/mol. The van der Waals surface area contributed by atoms with E-state index in [4.69, 9.17) is 14.6 Å². The molecule has 1 N–H and O–H groups in total. The van der Waals surface area contributed by atoms with Crippen molar-refractivity contribution in [3.05, 3.63) is 35.4 Å². The number of rotatable bonds is 5. The first-order valence-corrected chi connectivity index (χ1v) is 6.56. The third kappa shape index (κ3) is 4.04. The summed E-state index contributed by atoms with van der Waals surface area (Å²) in [7, 11) is 0. The van der Waals surface area contributed by atoms with Gasteiger partial charge in [0.25, 0.3) is 0 Å². The first-order valence-electron chi connectivity index (χ1n) is 6.56. The van der Waals surface area contributed by atoms with Gasteiger partial charge in [-0.1, -0.05) is 29.8 Å². The van der Waals surface area contributed by atoms with Crippen LogP contribution in [0.15, 0.2) is 24.3 Å². The summed E-state index contributed by atoms with van der Waals surface area (Å²) in [6.45, 7) is 4.43. The topological polar surface area (TPSA) is 55.8 Å². The average Bonchev–Trinajstić information content (AvgIpc) is 2.72. The number of aliphatic carboxylic acids is 1. The molecule has 0 radical (unpaired) electrons. The van der Waals surface area contributed by atoms with E-state index in [2.05, 4.69) is 31.2 Å². The van der Waals surface area contributed by atoms with Gasteiger partial charge in [-0.25, -0.2) is 0 Å². The van der Waals surface area contributed by atoms with Crippen molar-refractivity contribution in [2.45, 2.75) is 45.0 Å². The van der Waals surface area contributed by atoms with Gasteiger partial charge >= 0.3 is 5.97 Å². The van der Waals surface area contributed by atoms with E-state index in [1.807, 2.05) is 6.92 Å². The summed E-state index contributed by atoms with van der Waals surface area (Å²) in [5.74, 6) is -1.44. The molecule has 1 aromatic rings. The largest absolute Gasteiger partial charge is 0.481 e. The lowest BCUT2D eigenvalue weighted by molar-refractivity contribution is -0.155. The van der Waals surface area contributed by atoms with Crippen molar-refractivity contribution in [1.82, 2.24) is 0 Å². The molecule has 104 valence electrons. The maximum absolute atomic E-state index is 10.5. The summed E-state index contributed by atoms with van der Waals surface area (Å²) in [5.41, 5.74) is 2.38. The Balaban J connectivity index is 1.90. The van der Waals surface area contributed by atoms with Gasteiger partial charge in [0.15, 0.2) is 5.79 Å². The Kier molecular flexibility index (Phi) is 4.22. The maximum Gasteiger partial charge on any atom is 0.303 e. The third-order valence-corrected chi connectivity index (χ3v) is 3.32. The summed E-state index contributed by atoms with van der Waals surface area (Å²) in [6, 6.07) is 8.26. The van der Waals surface area contributed by atoms with Crippen LogP contribution in [0.25, 0.3) is 0 Å². The highest BCUT2D eigenvalue weighted by molar-refractivity contribution is 5.66. The lowest BCUT2D eigenvalue weighted by Gasteiger charge is -2.23. The number of benzene rings is 1. The minimum absolute atomic E-state index is 0.119. The molecule has 0 amide bonds. The highest BCUT2D eigenvalue weighted by atomic mass is 16.7. The van der Waals surface area contributed by atoms with Crippen LogP contribution in [0, 0.1) is 6.92 Å². The van der Waals surface area contributed by atoms with Crippen LogP contribution in [0.3, 0.4) is 0 Å². The van der Waals surface area contributed by atoms with Gasteiger partial charge in [-0.05, 0) is 25.8 Å². The predicted octanol–water partition coefficient (Wildman–Crippen LogP) is 2.53. The van der Waals surface area contributed by atoms with Crippen molar-refractivity contribution >= 4 is 5.97 Å². The summed E-state index contributed by atoms with van der Waals surface area (Å²) in [6.07, 6.45) is 1.18. The highest BCUT2D eigenvalue weighted by Gasteiger charge is 2.37. The van der Waals surface area contributed by atoms with Crippen LogP contribution in [-0.2, 0) is 20.7 Å². The lowest BCUT2D eigenvalue weighted by atomic mass is 10.0. The number of carboxylic acids is 1. The molecule has 1 aliphatic rings. The summed E-state index contributed by atoms with van der Waals surface area (Å²) >= 11 is 0. The molecule has 0 aliphatic carbocycles. The van der Waals surface area contributed by atoms with E-state index in [9.17, 15) is 4.79 Å². The third-order valence-electron chi connectivity index (χ3n) is 3.32. The van der Waals surface area contributed by atoms with Gasteiger partial charge in [-0.2, -0.15) is 0 Å². The fourth-order valence-corrected chi connectivity index (χ4v) is 2.29. The number of ether oxygens (including phenoxy) is 2. The second-order valence-corrected chi connectivity index (χ2v) is 5.28. The SMILES string of the molecule is Cc1ccc(CC2(C)OCC(CCC(=O)O)O2)cc1. The molecular formula is C15H20O4. The molecule has 1 aliphatic heterocycles. The van der Waals surface area contributed by atoms with Gasteiger partial charge in [0.05, 0.1) is 12.7 Å². The van der Waals surface area contributed by atoms with Gasteiger partial charge in [0.1, 0.15) is 0 Å². The first kappa shape index (κ1) is 14.0. The molecule has 2 rings (SSSR count). The molecule has 0 aromatic heterocycles. The van der Waals surface area contributed by atoms with Crippen molar-refractivity contribution in [2.75, 3.05) is 6.61 Å². The molecule has 4 nitrogen and oxygen atoms in total. The number of hydrogen-bond acceptors (Lipinski definition) is 3. The molecule has 4 heteroatoms. The molecule has 0 bridgehead atoms. The first-order chi connectivity index (χ1) is 8.97. The molecule has 0 spiro atoms. The fraction of sp³-hybridized carbons (Fsp3) is 0.533. The molecule has 1 heterocycles. The molecule has 1 aromatic carbocycles. The quantitative estimate of drug-likeness (QED) is 0.888. The molecule has 2 atom stereocenters. The van der Waals surface area contributed by atoms with Gasteiger partial charge < -0.3 is 14.6 Å². The summed E-state index contributed by atoms with van der Waals surface area (Å²) in [5, 5.41) is 8.67. The van der Waals surface area contributed by atoms with Crippen molar-refractivity contribution in [3.8, 4) is 0 Å². The van der Waals surface area contributed by atoms with E-state index >= 15 is 0 Å². The van der Waals surface area contributed by atoms with Crippen LogP contribution in [0.1, 0.15) is 30.9 Å². The Bertz CT molecular complexity index is 440. The van der Waals surface area contributed by atoms with E-state index in [1.54, 1.807) is 0 Å². The Morgan fingerprint density at radius 1 is 1.42 bits per heavy atom. The van der Waals surface area contributed by atoms with Crippen LogP contribution < -0.4 is 0 Å². The lowest BCUT2D eigenvalue weighted by Crippen LogP contribution is -2.29. The standard InChI is InChI=1S/C15H20O4/c1-11-3-5-12(6-4-11)9-15(2)18-10-13(19-15)7-8-14(16)17/h3-6,13H,7-10H2,1-2H3,(H,16,17). The smallest absolute Gasteiger partial charge is 0.303 e. The van der Waals surface area contributed by atoms with Gasteiger partial charge in [-0.15, -0.1) is 0 Å². The van der Waals surface area contributed by atoms with Crippen LogP contribution in [0.2, 0.25) is 0 Å². The zero-order chi connectivity index (χ0) is 13.9. The van der Waals surface area contributed by atoms with E-state index < -0.39 is 11.8 Å². The number of carboxylic acid groups (broad SMARTS) is 1. The Morgan fingerprint density at radius 3 is 2.74 bits per heavy atom. The van der Waals surface area contributed by atoms with E-state index in [0.29, 0.717) is 19.4 Å². The van der Waals surface area contributed by atoms with Crippen LogP contribution in [0.5, 0.6) is 0 Å². The van der Waals surface area contributed by atoms with Crippen LogP contribution in [0.4, 0.5) is 0 Å². The van der Waals surface area contributed by atoms with Crippen molar-refractivity contribution in [1.29, 1.82) is 0 Å². The molecule has 0 saturated carbocycles. The maximum atomic E-state index is 10.5. The predicted molar refractivity (Wildman–Crippen MR) is 71.0 cm³/mol. The monoisotopic (exact) mass is 264 g/mol. The summed E-state index contributed by atoms with van der Waals surface area (Å²) < 4.78 is 11.6. The molecule has 1 saturated heterocycles. The van der Waals surface area contributed by atoms with Crippen LogP contribution >= 0.6 is 0 Å². The minimum Gasteiger partial charge on any atom is -0.481 e. The Labute approximate surface area is 113 Å². The van der Waals surface area contributed by atoms with Gasteiger partial charge in [0, 0.05) is 12.8 Å². The fourth-order valence-electron chi connectivity index (χ4n) is 2.29.